The van der Waals surface area contributed by atoms with Gasteiger partial charge in [-0.3, -0.25) is 4.79 Å². The zero-order chi connectivity index (χ0) is 21.7. The molecule has 1 unspecified atom stereocenters. The highest BCUT2D eigenvalue weighted by Crippen LogP contribution is 2.34. The summed E-state index contributed by atoms with van der Waals surface area (Å²) in [6, 6.07) is 5.68. The van der Waals surface area contributed by atoms with Crippen molar-refractivity contribution in [2.75, 3.05) is 6.26 Å². The number of aromatic nitrogens is 2. The maximum atomic E-state index is 12.8. The van der Waals surface area contributed by atoms with Crippen LogP contribution in [0.5, 0.6) is 17.4 Å². The van der Waals surface area contributed by atoms with E-state index in [1.807, 2.05) is 0 Å². The van der Waals surface area contributed by atoms with Crippen LogP contribution in [0.1, 0.15) is 54.7 Å². The van der Waals surface area contributed by atoms with Gasteiger partial charge in [0.1, 0.15) is 22.9 Å². The molecular formula is C21H25N3O5S. The van der Waals surface area contributed by atoms with Crippen LogP contribution in [0.2, 0.25) is 0 Å². The molecule has 1 amide bonds. The first kappa shape index (κ1) is 21.8. The Labute approximate surface area is 175 Å². The first-order valence-electron chi connectivity index (χ1n) is 9.74. The molecule has 0 bridgehead atoms. The largest absolute Gasteiger partial charge is 0.508 e. The third kappa shape index (κ3) is 6.03. The minimum absolute atomic E-state index is 0.0307. The van der Waals surface area contributed by atoms with Crippen molar-refractivity contribution in [2.45, 2.75) is 44.6 Å². The lowest BCUT2D eigenvalue weighted by Crippen LogP contribution is -2.31. The minimum Gasteiger partial charge on any atom is -0.508 e. The van der Waals surface area contributed by atoms with E-state index in [0.29, 0.717) is 11.6 Å². The van der Waals surface area contributed by atoms with Crippen LogP contribution in [-0.2, 0) is 9.84 Å². The number of hydrogen-bond donors (Lipinski definition) is 2. The van der Waals surface area contributed by atoms with E-state index in [-0.39, 0.29) is 23.1 Å². The highest BCUT2D eigenvalue weighted by atomic mass is 32.2. The van der Waals surface area contributed by atoms with Crippen LogP contribution in [0, 0.1) is 0 Å². The molecule has 9 heteroatoms. The molecule has 1 fully saturated rings. The molecule has 2 aromatic rings. The van der Waals surface area contributed by atoms with Crippen LogP contribution in [0.15, 0.2) is 41.9 Å². The number of ether oxygens (including phenoxy) is 1. The molecule has 1 aromatic heterocycles. The Morgan fingerprint density at radius 1 is 1.33 bits per heavy atom. The van der Waals surface area contributed by atoms with Gasteiger partial charge in [-0.15, -0.1) is 0 Å². The third-order valence-corrected chi connectivity index (χ3v) is 5.39. The van der Waals surface area contributed by atoms with Crippen LogP contribution < -0.4 is 10.1 Å². The van der Waals surface area contributed by atoms with E-state index in [0.717, 1.165) is 37.3 Å². The van der Waals surface area contributed by atoms with Crippen LogP contribution in [0.3, 0.4) is 0 Å². The average Bonchev–Trinajstić information content (AvgIpc) is 3.20. The number of nitrogens with zero attached hydrogens (tertiary/aromatic N) is 2. The lowest BCUT2D eigenvalue weighted by molar-refractivity contribution is 0.0943. The normalized spacial score (nSPS) is 15.9. The molecule has 3 rings (SSSR count). The van der Waals surface area contributed by atoms with Gasteiger partial charge < -0.3 is 15.2 Å². The van der Waals surface area contributed by atoms with Gasteiger partial charge in [0, 0.05) is 35.9 Å². The molecule has 0 radical (unpaired) electrons. The van der Waals surface area contributed by atoms with E-state index < -0.39 is 21.8 Å². The number of nitrogens with one attached hydrogen (secondary N) is 1. The van der Waals surface area contributed by atoms with Gasteiger partial charge in [0.15, 0.2) is 9.84 Å². The molecule has 1 aliphatic rings. The molecule has 1 aliphatic carbocycles. The van der Waals surface area contributed by atoms with Gasteiger partial charge in [-0.25, -0.2) is 13.4 Å². The predicted octanol–water partition coefficient (Wildman–Crippen LogP) is 3.31. The van der Waals surface area contributed by atoms with Gasteiger partial charge in [-0.2, -0.15) is 4.98 Å². The zero-order valence-electron chi connectivity index (χ0n) is 16.9. The number of aromatic hydroxyl groups is 1. The monoisotopic (exact) mass is 431 g/mol. The molecule has 1 aromatic carbocycles. The van der Waals surface area contributed by atoms with Gasteiger partial charge in [-0.1, -0.05) is 25.0 Å². The van der Waals surface area contributed by atoms with E-state index in [9.17, 15) is 18.3 Å². The Morgan fingerprint density at radius 2 is 2.07 bits per heavy atom. The summed E-state index contributed by atoms with van der Waals surface area (Å²) in [6.45, 7) is 1.66. The number of carbonyl (C=O) groups excluding carboxylic acids is 1. The van der Waals surface area contributed by atoms with Crippen LogP contribution in [-0.4, -0.2) is 41.7 Å². The third-order valence-electron chi connectivity index (χ3n) is 4.74. The van der Waals surface area contributed by atoms with Gasteiger partial charge in [0.25, 0.3) is 5.91 Å². The average molecular weight is 432 g/mol. The van der Waals surface area contributed by atoms with E-state index in [4.69, 9.17) is 4.74 Å². The second-order valence-corrected chi connectivity index (χ2v) is 9.38. The standard InChI is InChI=1S/C21H25N3O5S/c1-14(10-11-30(2,27)28)23-20(26)18-13-22-19(15-6-3-4-7-15)24-21(18)29-17-9-5-8-16(25)12-17/h5,8-15,25H,3-4,6-7H2,1-2H3,(H,23,26)/b11-10+. The summed E-state index contributed by atoms with van der Waals surface area (Å²) in [6.07, 6.45) is 8.11. The minimum atomic E-state index is -3.29. The van der Waals surface area contributed by atoms with E-state index in [1.54, 1.807) is 19.1 Å². The highest BCUT2D eigenvalue weighted by molar-refractivity contribution is 7.93. The SMILES string of the molecule is CC(/C=C/S(C)(=O)=O)NC(=O)c1cnc(C2CCCC2)nc1Oc1cccc(O)c1. The summed E-state index contributed by atoms with van der Waals surface area (Å²) in [7, 11) is -3.29. The molecule has 0 aliphatic heterocycles. The van der Waals surface area contributed by atoms with Crippen LogP contribution >= 0.6 is 0 Å². The lowest BCUT2D eigenvalue weighted by Gasteiger charge is -2.15. The fourth-order valence-electron chi connectivity index (χ4n) is 3.25. The highest BCUT2D eigenvalue weighted by Gasteiger charge is 2.24. The van der Waals surface area contributed by atoms with Gasteiger partial charge in [0.05, 0.1) is 0 Å². The zero-order valence-corrected chi connectivity index (χ0v) is 17.7. The maximum absolute atomic E-state index is 12.8. The van der Waals surface area contributed by atoms with Crippen molar-refractivity contribution in [3.05, 3.63) is 53.3 Å². The lowest BCUT2D eigenvalue weighted by atomic mass is 10.1. The molecule has 1 heterocycles. The molecule has 0 spiro atoms. The first-order chi connectivity index (χ1) is 14.2. The van der Waals surface area contributed by atoms with Crippen LogP contribution in [0.4, 0.5) is 0 Å². The number of phenols is 1. The predicted molar refractivity (Wildman–Crippen MR) is 112 cm³/mol. The smallest absolute Gasteiger partial charge is 0.258 e. The fourth-order valence-corrected chi connectivity index (χ4v) is 3.77. The number of sulfone groups is 1. The van der Waals surface area contributed by atoms with Crippen molar-refractivity contribution < 1.29 is 23.1 Å². The van der Waals surface area contributed by atoms with Gasteiger partial charge >= 0.3 is 0 Å². The van der Waals surface area contributed by atoms with Crippen molar-refractivity contribution in [3.63, 3.8) is 0 Å². The summed E-state index contributed by atoms with van der Waals surface area (Å²) in [5.74, 6) is 0.825. The molecule has 1 atom stereocenters. The van der Waals surface area contributed by atoms with E-state index in [2.05, 4.69) is 15.3 Å². The topological polar surface area (TPSA) is 118 Å². The number of amides is 1. The summed E-state index contributed by atoms with van der Waals surface area (Å²) in [4.78, 5) is 21.7. The molecule has 30 heavy (non-hydrogen) atoms. The van der Waals surface area contributed by atoms with Crippen molar-refractivity contribution in [3.8, 4) is 17.4 Å². The Bertz CT molecular complexity index is 1050. The van der Waals surface area contributed by atoms with Gasteiger partial charge in [0.2, 0.25) is 5.88 Å². The number of rotatable bonds is 7. The number of hydrogen-bond acceptors (Lipinski definition) is 7. The molecule has 2 N–H and O–H groups in total. The molecule has 1 saturated carbocycles. The van der Waals surface area contributed by atoms with Crippen molar-refractivity contribution in [1.82, 2.24) is 15.3 Å². The fraction of sp³-hybridized carbons (Fsp3) is 0.381. The first-order valence-corrected chi connectivity index (χ1v) is 11.7. The Balaban J connectivity index is 1.87. The second-order valence-electron chi connectivity index (χ2n) is 7.45. The number of carbonyl (C=O) groups is 1. The second kappa shape index (κ2) is 9.25. The number of phenolic OH excluding ortho intramolecular Hbond substituents is 1. The van der Waals surface area contributed by atoms with E-state index in [1.165, 1.54) is 24.4 Å². The Morgan fingerprint density at radius 3 is 2.73 bits per heavy atom. The molecule has 160 valence electrons. The Kier molecular flexibility index (Phi) is 6.71. The van der Waals surface area contributed by atoms with Crippen molar-refractivity contribution >= 4 is 15.7 Å². The summed E-state index contributed by atoms with van der Waals surface area (Å²) >= 11 is 0. The number of benzene rings is 1. The van der Waals surface area contributed by atoms with Crippen molar-refractivity contribution in [1.29, 1.82) is 0 Å². The van der Waals surface area contributed by atoms with E-state index >= 15 is 0 Å². The summed E-state index contributed by atoms with van der Waals surface area (Å²) < 4.78 is 28.4. The van der Waals surface area contributed by atoms with Gasteiger partial charge in [-0.05, 0) is 31.9 Å². The maximum Gasteiger partial charge on any atom is 0.258 e. The summed E-state index contributed by atoms with van der Waals surface area (Å²) in [5, 5.41) is 13.4. The van der Waals surface area contributed by atoms with Crippen molar-refractivity contribution in [2.24, 2.45) is 0 Å². The molecular weight excluding hydrogens is 406 g/mol. The quantitative estimate of drug-likeness (QED) is 0.690. The summed E-state index contributed by atoms with van der Waals surface area (Å²) in [5.41, 5.74) is 0.125. The molecule has 0 saturated heterocycles. The van der Waals surface area contributed by atoms with Crippen LogP contribution in [0.25, 0.3) is 0 Å². The molecule has 8 nitrogen and oxygen atoms in total. The Hall–Kier alpha value is -2.94.